The summed E-state index contributed by atoms with van der Waals surface area (Å²) in [6, 6.07) is 7.31. The highest BCUT2D eigenvalue weighted by atomic mass is 16.5. The van der Waals surface area contributed by atoms with Gasteiger partial charge in [-0.3, -0.25) is 0 Å². The van der Waals surface area contributed by atoms with E-state index >= 15 is 0 Å². The molecule has 2 aromatic carbocycles. The summed E-state index contributed by atoms with van der Waals surface area (Å²) < 4.78 is 32.5. The van der Waals surface area contributed by atoms with Gasteiger partial charge in [0.05, 0.1) is 53.8 Å². The third-order valence-corrected chi connectivity index (χ3v) is 4.24. The highest BCUT2D eigenvalue weighted by Crippen LogP contribution is 2.36. The van der Waals surface area contributed by atoms with E-state index in [1.54, 1.807) is 42.7 Å². The van der Waals surface area contributed by atoms with Gasteiger partial charge in [-0.15, -0.1) is 0 Å². The van der Waals surface area contributed by atoms with E-state index in [-0.39, 0.29) is 0 Å². The third kappa shape index (κ3) is 4.68. The molecule has 0 heterocycles. The molecule has 0 unspecified atom stereocenters. The van der Waals surface area contributed by atoms with Crippen LogP contribution in [0.25, 0.3) is 0 Å². The number of hydrogen-bond donors (Lipinski definition) is 1. The molecule has 0 aliphatic rings. The van der Waals surface area contributed by atoms with Crippen molar-refractivity contribution < 1.29 is 28.4 Å². The van der Waals surface area contributed by atoms with Crippen LogP contribution in [0.4, 0.5) is 0 Å². The van der Waals surface area contributed by atoms with Crippen molar-refractivity contribution in [2.24, 2.45) is 0 Å². The maximum atomic E-state index is 5.49. The molecule has 0 saturated carbocycles. The van der Waals surface area contributed by atoms with Crippen molar-refractivity contribution in [2.45, 2.75) is 13.1 Å². The Morgan fingerprint density at radius 2 is 0.815 bits per heavy atom. The molecule has 0 bridgehead atoms. The van der Waals surface area contributed by atoms with E-state index in [4.69, 9.17) is 28.4 Å². The Kier molecular flexibility index (Phi) is 7.43. The summed E-state index contributed by atoms with van der Waals surface area (Å²) in [6.45, 7) is 1.04. The predicted octanol–water partition coefficient (Wildman–Crippen LogP) is 3.03. The fourth-order valence-electron chi connectivity index (χ4n) is 2.82. The van der Waals surface area contributed by atoms with Crippen LogP contribution in [-0.4, -0.2) is 42.7 Å². The van der Waals surface area contributed by atoms with Crippen molar-refractivity contribution in [3.8, 4) is 34.5 Å². The van der Waals surface area contributed by atoms with Gasteiger partial charge in [0, 0.05) is 37.4 Å². The normalized spacial score (nSPS) is 10.3. The Bertz CT molecular complexity index is 649. The molecular formula is C20H27NO6. The van der Waals surface area contributed by atoms with Gasteiger partial charge < -0.3 is 33.7 Å². The fourth-order valence-corrected chi connectivity index (χ4v) is 2.82. The quantitative estimate of drug-likeness (QED) is 0.683. The van der Waals surface area contributed by atoms with E-state index in [0.29, 0.717) is 47.6 Å². The molecule has 0 saturated heterocycles. The van der Waals surface area contributed by atoms with Crippen molar-refractivity contribution in [3.63, 3.8) is 0 Å². The monoisotopic (exact) mass is 377 g/mol. The molecule has 0 aromatic heterocycles. The zero-order valence-corrected chi connectivity index (χ0v) is 16.7. The lowest BCUT2D eigenvalue weighted by molar-refractivity contribution is 0.362. The van der Waals surface area contributed by atoms with Crippen LogP contribution >= 0.6 is 0 Å². The zero-order valence-electron chi connectivity index (χ0n) is 16.7. The molecule has 148 valence electrons. The Morgan fingerprint density at radius 3 is 1.04 bits per heavy atom. The van der Waals surface area contributed by atoms with Crippen molar-refractivity contribution in [3.05, 3.63) is 35.4 Å². The molecule has 2 rings (SSSR count). The maximum absolute atomic E-state index is 5.49. The first kappa shape index (κ1) is 20.5. The standard InChI is InChI=1S/C20H27NO6/c1-22-13-7-17(24-3)15(18(8-13)25-4)11-21-12-16-19(26-5)9-14(23-2)10-20(16)27-6/h7-10,21H,11-12H2,1-6H3. The fraction of sp³-hybridized carbons (Fsp3) is 0.400. The summed E-state index contributed by atoms with van der Waals surface area (Å²) in [4.78, 5) is 0. The second-order valence-electron chi connectivity index (χ2n) is 5.62. The van der Waals surface area contributed by atoms with Gasteiger partial charge in [0.1, 0.15) is 34.5 Å². The van der Waals surface area contributed by atoms with Gasteiger partial charge >= 0.3 is 0 Å². The van der Waals surface area contributed by atoms with Crippen LogP contribution in [0.1, 0.15) is 11.1 Å². The number of methoxy groups -OCH3 is 6. The average molecular weight is 377 g/mol. The van der Waals surface area contributed by atoms with E-state index in [2.05, 4.69) is 5.32 Å². The topological polar surface area (TPSA) is 67.4 Å². The number of hydrogen-bond acceptors (Lipinski definition) is 7. The molecule has 0 atom stereocenters. The van der Waals surface area contributed by atoms with Gasteiger partial charge in [-0.05, 0) is 0 Å². The van der Waals surface area contributed by atoms with Crippen molar-refractivity contribution in [2.75, 3.05) is 42.7 Å². The maximum Gasteiger partial charge on any atom is 0.130 e. The summed E-state index contributed by atoms with van der Waals surface area (Å²) in [7, 11) is 9.68. The summed E-state index contributed by atoms with van der Waals surface area (Å²) in [6.07, 6.45) is 0. The number of nitrogens with one attached hydrogen (secondary N) is 1. The Hall–Kier alpha value is -2.80. The van der Waals surface area contributed by atoms with E-state index in [9.17, 15) is 0 Å². The minimum absolute atomic E-state index is 0.522. The first-order valence-corrected chi connectivity index (χ1v) is 8.40. The molecule has 7 heteroatoms. The molecule has 2 aromatic rings. The van der Waals surface area contributed by atoms with Crippen LogP contribution in [0.5, 0.6) is 34.5 Å². The first-order valence-electron chi connectivity index (χ1n) is 8.40. The van der Waals surface area contributed by atoms with E-state index in [0.717, 1.165) is 11.1 Å². The van der Waals surface area contributed by atoms with Crippen molar-refractivity contribution in [1.29, 1.82) is 0 Å². The molecule has 1 N–H and O–H groups in total. The smallest absolute Gasteiger partial charge is 0.130 e. The van der Waals surface area contributed by atoms with Crippen LogP contribution in [-0.2, 0) is 13.1 Å². The molecular weight excluding hydrogens is 350 g/mol. The van der Waals surface area contributed by atoms with E-state index in [1.807, 2.05) is 24.3 Å². The highest BCUT2D eigenvalue weighted by Gasteiger charge is 2.16. The predicted molar refractivity (Wildman–Crippen MR) is 103 cm³/mol. The number of ether oxygens (including phenoxy) is 6. The van der Waals surface area contributed by atoms with Crippen LogP contribution in [0.3, 0.4) is 0 Å². The highest BCUT2D eigenvalue weighted by molar-refractivity contribution is 5.52. The largest absolute Gasteiger partial charge is 0.496 e. The minimum Gasteiger partial charge on any atom is -0.496 e. The first-order chi connectivity index (χ1) is 13.1. The summed E-state index contributed by atoms with van der Waals surface area (Å²) in [5.41, 5.74) is 1.79. The second-order valence-corrected chi connectivity index (χ2v) is 5.62. The van der Waals surface area contributed by atoms with E-state index in [1.165, 1.54) is 0 Å². The van der Waals surface area contributed by atoms with Crippen LogP contribution in [0, 0.1) is 0 Å². The molecule has 0 spiro atoms. The summed E-state index contributed by atoms with van der Waals surface area (Å²) in [5.74, 6) is 4.09. The molecule has 0 amide bonds. The van der Waals surface area contributed by atoms with Crippen LogP contribution in [0.2, 0.25) is 0 Å². The lowest BCUT2D eigenvalue weighted by Crippen LogP contribution is -2.16. The Balaban J connectivity index is 2.24. The molecule has 0 aliphatic carbocycles. The van der Waals surface area contributed by atoms with Gasteiger partial charge in [0.25, 0.3) is 0 Å². The Morgan fingerprint density at radius 1 is 0.519 bits per heavy atom. The zero-order chi connectivity index (χ0) is 19.8. The molecule has 0 aliphatic heterocycles. The summed E-state index contributed by atoms with van der Waals surface area (Å²) in [5, 5.41) is 3.39. The Labute approximate surface area is 160 Å². The lowest BCUT2D eigenvalue weighted by atomic mass is 10.1. The second kappa shape index (κ2) is 9.78. The third-order valence-electron chi connectivity index (χ3n) is 4.24. The molecule has 0 fully saturated rings. The lowest BCUT2D eigenvalue weighted by Gasteiger charge is -2.18. The van der Waals surface area contributed by atoms with Crippen LogP contribution < -0.4 is 33.7 Å². The molecule has 7 nitrogen and oxygen atoms in total. The molecule has 27 heavy (non-hydrogen) atoms. The SMILES string of the molecule is COc1cc(OC)c(CNCc2c(OC)cc(OC)cc2OC)c(OC)c1. The minimum atomic E-state index is 0.522. The van der Waals surface area contributed by atoms with E-state index < -0.39 is 0 Å². The van der Waals surface area contributed by atoms with Gasteiger partial charge in [0.15, 0.2) is 0 Å². The van der Waals surface area contributed by atoms with Gasteiger partial charge in [-0.1, -0.05) is 0 Å². The van der Waals surface area contributed by atoms with Gasteiger partial charge in [0.2, 0.25) is 0 Å². The number of benzene rings is 2. The average Bonchev–Trinajstić information content (AvgIpc) is 2.72. The van der Waals surface area contributed by atoms with Gasteiger partial charge in [-0.25, -0.2) is 0 Å². The molecule has 0 radical (unpaired) electrons. The van der Waals surface area contributed by atoms with Crippen LogP contribution in [0.15, 0.2) is 24.3 Å². The van der Waals surface area contributed by atoms with Gasteiger partial charge in [-0.2, -0.15) is 0 Å². The van der Waals surface area contributed by atoms with Crippen molar-refractivity contribution >= 4 is 0 Å². The number of rotatable bonds is 10. The summed E-state index contributed by atoms with van der Waals surface area (Å²) >= 11 is 0. The van der Waals surface area contributed by atoms with Crippen molar-refractivity contribution in [1.82, 2.24) is 5.32 Å².